The highest BCUT2D eigenvalue weighted by molar-refractivity contribution is 6.30. The Labute approximate surface area is 126 Å². The maximum atomic E-state index is 12.9. The molecule has 2 amide bonds. The molecule has 124 valence electrons. The van der Waals surface area contributed by atoms with Gasteiger partial charge in [-0.05, 0) is 24.6 Å². The van der Waals surface area contributed by atoms with Crippen molar-refractivity contribution >= 4 is 23.3 Å². The Bertz CT molecular complexity index is 529. The molecule has 0 saturated carbocycles. The van der Waals surface area contributed by atoms with Crippen LogP contribution < -0.4 is 10.6 Å². The fourth-order valence-corrected chi connectivity index (χ4v) is 1.90. The molecule has 0 unspecified atom stereocenters. The summed E-state index contributed by atoms with van der Waals surface area (Å²) in [7, 11) is 0. The van der Waals surface area contributed by atoms with E-state index in [0.717, 1.165) is 5.32 Å². The van der Waals surface area contributed by atoms with Crippen LogP contribution in [0.3, 0.4) is 0 Å². The first-order valence-corrected chi connectivity index (χ1v) is 6.29. The average Bonchev–Trinajstić information content (AvgIpc) is 2.32. The standard InChI is InChI=1S/C12H11ClF6N2O/c1-2-10(11(14,15)16,12(17,18)19)21-9(22)20-8-5-3-4-7(13)6-8/h3-6H,2H2,1H3,(H2,20,21,22). The summed E-state index contributed by atoms with van der Waals surface area (Å²) in [5.41, 5.74) is -4.37. The summed E-state index contributed by atoms with van der Waals surface area (Å²) in [6.45, 7) is 0.681. The number of hydrogen-bond donors (Lipinski definition) is 2. The number of urea groups is 1. The molecule has 0 radical (unpaired) electrons. The summed E-state index contributed by atoms with van der Waals surface area (Å²) < 4.78 is 77.1. The summed E-state index contributed by atoms with van der Waals surface area (Å²) in [6, 6.07) is 3.60. The molecule has 0 bridgehead atoms. The van der Waals surface area contributed by atoms with Crippen LogP contribution in [0.4, 0.5) is 36.8 Å². The lowest BCUT2D eigenvalue weighted by molar-refractivity contribution is -0.304. The van der Waals surface area contributed by atoms with Crippen molar-refractivity contribution in [2.75, 3.05) is 5.32 Å². The van der Waals surface area contributed by atoms with Crippen molar-refractivity contribution in [1.29, 1.82) is 0 Å². The van der Waals surface area contributed by atoms with Crippen LogP contribution in [-0.4, -0.2) is 23.9 Å². The number of anilines is 1. The Morgan fingerprint density at radius 1 is 1.14 bits per heavy atom. The predicted octanol–water partition coefficient (Wildman–Crippen LogP) is 4.73. The SMILES string of the molecule is CCC(NC(=O)Nc1cccc(Cl)c1)(C(F)(F)F)C(F)(F)F. The van der Waals surface area contributed by atoms with Crippen molar-refractivity contribution in [3.8, 4) is 0 Å². The Kier molecular flexibility index (Phi) is 5.21. The first-order chi connectivity index (χ1) is 9.93. The molecule has 10 heteroatoms. The van der Waals surface area contributed by atoms with Crippen LogP contribution >= 0.6 is 11.6 Å². The first kappa shape index (κ1) is 18.4. The van der Waals surface area contributed by atoms with E-state index in [-0.39, 0.29) is 10.7 Å². The lowest BCUT2D eigenvalue weighted by Crippen LogP contribution is -2.67. The van der Waals surface area contributed by atoms with Crippen molar-refractivity contribution in [2.45, 2.75) is 31.2 Å². The molecule has 1 aromatic carbocycles. The zero-order chi connectivity index (χ0) is 17.2. The Morgan fingerprint density at radius 2 is 1.68 bits per heavy atom. The van der Waals surface area contributed by atoms with Gasteiger partial charge >= 0.3 is 18.4 Å². The molecule has 1 aromatic rings. The third kappa shape index (κ3) is 3.76. The molecule has 1 rings (SSSR count). The lowest BCUT2D eigenvalue weighted by Gasteiger charge is -2.37. The number of benzene rings is 1. The lowest BCUT2D eigenvalue weighted by atomic mass is 9.94. The van der Waals surface area contributed by atoms with Crippen LogP contribution in [0.15, 0.2) is 24.3 Å². The minimum Gasteiger partial charge on any atom is -0.316 e. The largest absolute Gasteiger partial charge is 0.420 e. The van der Waals surface area contributed by atoms with E-state index in [4.69, 9.17) is 11.6 Å². The van der Waals surface area contributed by atoms with E-state index in [1.54, 1.807) is 0 Å². The van der Waals surface area contributed by atoms with Gasteiger partial charge in [0.15, 0.2) is 0 Å². The van der Waals surface area contributed by atoms with Crippen molar-refractivity contribution in [2.24, 2.45) is 0 Å². The third-order valence-corrected chi connectivity index (χ3v) is 3.14. The number of hydrogen-bond acceptors (Lipinski definition) is 1. The smallest absolute Gasteiger partial charge is 0.316 e. The summed E-state index contributed by atoms with van der Waals surface area (Å²) in [5.74, 6) is 0. The molecular formula is C12H11ClF6N2O. The van der Waals surface area contributed by atoms with Crippen molar-refractivity contribution in [1.82, 2.24) is 5.32 Å². The number of amides is 2. The van der Waals surface area contributed by atoms with E-state index in [1.165, 1.54) is 24.3 Å². The highest BCUT2D eigenvalue weighted by Gasteiger charge is 2.70. The van der Waals surface area contributed by atoms with E-state index in [2.05, 4.69) is 0 Å². The van der Waals surface area contributed by atoms with Gasteiger partial charge < -0.3 is 10.6 Å². The fourth-order valence-electron chi connectivity index (χ4n) is 1.71. The van der Waals surface area contributed by atoms with E-state index < -0.39 is 30.3 Å². The summed E-state index contributed by atoms with van der Waals surface area (Å²) in [6.07, 6.45) is -12.8. The minimum atomic E-state index is -5.70. The molecule has 0 heterocycles. The predicted molar refractivity (Wildman–Crippen MR) is 68.7 cm³/mol. The summed E-state index contributed by atoms with van der Waals surface area (Å²) >= 11 is 5.60. The van der Waals surface area contributed by atoms with Crippen LogP contribution in [0, 0.1) is 0 Å². The van der Waals surface area contributed by atoms with Gasteiger partial charge in [-0.3, -0.25) is 0 Å². The van der Waals surface area contributed by atoms with Crippen LogP contribution in [0.5, 0.6) is 0 Å². The molecule has 3 nitrogen and oxygen atoms in total. The molecule has 22 heavy (non-hydrogen) atoms. The minimum absolute atomic E-state index is 0.0423. The number of nitrogens with one attached hydrogen (secondary N) is 2. The average molecular weight is 349 g/mol. The Hall–Kier alpha value is -1.64. The summed E-state index contributed by atoms with van der Waals surface area (Å²) in [4.78, 5) is 11.5. The van der Waals surface area contributed by atoms with Crippen molar-refractivity contribution in [3.63, 3.8) is 0 Å². The molecule has 0 saturated heterocycles. The molecule has 0 fully saturated rings. The number of carbonyl (C=O) groups is 1. The van der Waals surface area contributed by atoms with Gasteiger partial charge in [0, 0.05) is 10.7 Å². The molecule has 0 aromatic heterocycles. The van der Waals surface area contributed by atoms with E-state index in [0.29, 0.717) is 6.92 Å². The molecule has 0 spiro atoms. The Balaban J connectivity index is 3.03. The van der Waals surface area contributed by atoms with Gasteiger partial charge in [-0.2, -0.15) is 26.3 Å². The molecular weight excluding hydrogens is 338 g/mol. The fraction of sp³-hybridized carbons (Fsp3) is 0.417. The van der Waals surface area contributed by atoms with Crippen molar-refractivity contribution < 1.29 is 31.1 Å². The summed E-state index contributed by atoms with van der Waals surface area (Å²) in [5, 5.41) is 3.03. The third-order valence-electron chi connectivity index (χ3n) is 2.91. The second kappa shape index (κ2) is 6.23. The zero-order valence-corrected chi connectivity index (χ0v) is 11.8. The molecule has 0 aliphatic rings. The van der Waals surface area contributed by atoms with Crippen molar-refractivity contribution in [3.05, 3.63) is 29.3 Å². The number of rotatable bonds is 3. The molecule has 0 atom stereocenters. The molecule has 2 N–H and O–H groups in total. The molecule has 0 aliphatic heterocycles. The number of halogens is 7. The van der Waals surface area contributed by atoms with Gasteiger partial charge in [0.2, 0.25) is 5.54 Å². The zero-order valence-electron chi connectivity index (χ0n) is 11.1. The van der Waals surface area contributed by atoms with E-state index >= 15 is 0 Å². The van der Waals surface area contributed by atoms with Gasteiger partial charge in [0.05, 0.1) is 0 Å². The van der Waals surface area contributed by atoms with Gasteiger partial charge in [0.25, 0.3) is 0 Å². The quantitative estimate of drug-likeness (QED) is 0.761. The highest BCUT2D eigenvalue weighted by Crippen LogP contribution is 2.45. The van der Waals surface area contributed by atoms with Gasteiger partial charge in [-0.1, -0.05) is 24.6 Å². The Morgan fingerprint density at radius 3 is 2.09 bits per heavy atom. The topological polar surface area (TPSA) is 41.1 Å². The monoisotopic (exact) mass is 348 g/mol. The second-order valence-electron chi connectivity index (χ2n) is 4.34. The van der Waals surface area contributed by atoms with Crippen LogP contribution in [0.25, 0.3) is 0 Å². The number of carbonyl (C=O) groups excluding carboxylic acids is 1. The first-order valence-electron chi connectivity index (χ1n) is 5.91. The maximum absolute atomic E-state index is 12.9. The van der Waals surface area contributed by atoms with E-state index in [9.17, 15) is 31.1 Å². The van der Waals surface area contributed by atoms with Gasteiger partial charge in [-0.25, -0.2) is 4.79 Å². The normalized spacial score (nSPS) is 12.9. The second-order valence-corrected chi connectivity index (χ2v) is 4.78. The van der Waals surface area contributed by atoms with Gasteiger partial charge in [-0.15, -0.1) is 0 Å². The molecule has 0 aliphatic carbocycles. The van der Waals surface area contributed by atoms with Crippen LogP contribution in [0.1, 0.15) is 13.3 Å². The van der Waals surface area contributed by atoms with Crippen LogP contribution in [0.2, 0.25) is 5.02 Å². The van der Waals surface area contributed by atoms with E-state index in [1.807, 2.05) is 5.32 Å². The highest BCUT2D eigenvalue weighted by atomic mass is 35.5. The maximum Gasteiger partial charge on any atom is 0.420 e. The number of alkyl halides is 6. The van der Waals surface area contributed by atoms with Gasteiger partial charge in [0.1, 0.15) is 0 Å². The van der Waals surface area contributed by atoms with Crippen LogP contribution in [-0.2, 0) is 0 Å².